The van der Waals surface area contributed by atoms with Crippen molar-refractivity contribution in [2.45, 2.75) is 6.18 Å². The molecule has 0 amide bonds. The molecule has 0 aliphatic heterocycles. The number of halogens is 3. The average molecular weight is 378 g/mol. The molecule has 2 heterocycles. The Morgan fingerprint density at radius 3 is 2.44 bits per heavy atom. The van der Waals surface area contributed by atoms with Crippen molar-refractivity contribution in [3.63, 3.8) is 0 Å². The molecule has 0 aliphatic rings. The van der Waals surface area contributed by atoms with Crippen molar-refractivity contribution in [2.24, 2.45) is 0 Å². The summed E-state index contributed by atoms with van der Waals surface area (Å²) >= 11 is 0. The lowest BCUT2D eigenvalue weighted by molar-refractivity contribution is -0.153. The van der Waals surface area contributed by atoms with E-state index in [-0.39, 0.29) is 11.8 Å². The van der Waals surface area contributed by atoms with Gasteiger partial charge < -0.3 is 9.47 Å². The van der Waals surface area contributed by atoms with E-state index in [9.17, 15) is 18.0 Å². The van der Waals surface area contributed by atoms with Crippen LogP contribution in [0.3, 0.4) is 0 Å². The molecule has 0 unspecified atom stereocenters. The third-order valence-electron chi connectivity index (χ3n) is 3.45. The zero-order chi connectivity index (χ0) is 19.4. The second-order valence-corrected chi connectivity index (χ2v) is 5.33. The van der Waals surface area contributed by atoms with Gasteiger partial charge in [-0.1, -0.05) is 0 Å². The van der Waals surface area contributed by atoms with Gasteiger partial charge >= 0.3 is 12.2 Å². The summed E-state index contributed by atoms with van der Waals surface area (Å²) in [6.07, 6.45) is -1.51. The first kappa shape index (κ1) is 18.4. The first-order chi connectivity index (χ1) is 12.9. The van der Waals surface area contributed by atoms with Gasteiger partial charge in [0.05, 0.1) is 30.9 Å². The van der Waals surface area contributed by atoms with Crippen LogP contribution in [0.2, 0.25) is 0 Å². The molecule has 3 rings (SSSR count). The van der Waals surface area contributed by atoms with E-state index in [1.807, 2.05) is 0 Å². The predicted octanol–water partition coefficient (Wildman–Crippen LogP) is 2.64. The van der Waals surface area contributed by atoms with Crippen LogP contribution in [-0.2, 0) is 0 Å². The van der Waals surface area contributed by atoms with E-state index in [0.29, 0.717) is 16.9 Å². The van der Waals surface area contributed by atoms with Crippen LogP contribution in [0.4, 0.5) is 13.2 Å². The fraction of sp³-hybridized carbons (Fsp3) is 0.176. The van der Waals surface area contributed by atoms with Gasteiger partial charge in [-0.25, -0.2) is 4.57 Å². The molecule has 10 heteroatoms. The second-order valence-electron chi connectivity index (χ2n) is 5.33. The van der Waals surface area contributed by atoms with E-state index in [4.69, 9.17) is 4.74 Å². The lowest BCUT2D eigenvalue weighted by Crippen LogP contribution is -2.21. The van der Waals surface area contributed by atoms with Gasteiger partial charge in [0, 0.05) is 11.6 Å². The maximum Gasteiger partial charge on any atom is 0.422 e. The molecule has 0 saturated heterocycles. The van der Waals surface area contributed by atoms with Gasteiger partial charge in [0.2, 0.25) is 0 Å². The molecule has 0 aliphatic carbocycles. The number of ether oxygens (including phenoxy) is 2. The van der Waals surface area contributed by atoms with Crippen molar-refractivity contribution < 1.29 is 22.6 Å². The van der Waals surface area contributed by atoms with Crippen LogP contribution in [0.5, 0.6) is 11.8 Å². The molecule has 0 atom stereocenters. The van der Waals surface area contributed by atoms with E-state index >= 15 is 0 Å². The quantitative estimate of drug-likeness (QED) is 0.679. The first-order valence-corrected chi connectivity index (χ1v) is 7.62. The minimum Gasteiger partial charge on any atom is -0.484 e. The number of benzene rings is 1. The summed E-state index contributed by atoms with van der Waals surface area (Å²) in [5, 5.41) is 7.40. The fourth-order valence-corrected chi connectivity index (χ4v) is 2.28. The molecule has 0 saturated carbocycles. The van der Waals surface area contributed by atoms with Crippen LogP contribution < -0.4 is 15.0 Å². The highest BCUT2D eigenvalue weighted by Crippen LogP contribution is 2.22. The van der Waals surface area contributed by atoms with Crippen LogP contribution >= 0.6 is 0 Å². The normalized spacial score (nSPS) is 11.3. The summed E-state index contributed by atoms with van der Waals surface area (Å²) in [6.45, 7) is -1.40. The summed E-state index contributed by atoms with van der Waals surface area (Å²) < 4.78 is 47.7. The van der Waals surface area contributed by atoms with E-state index < -0.39 is 18.3 Å². The molecule has 3 aromatic rings. The first-order valence-electron chi connectivity index (χ1n) is 7.62. The minimum absolute atomic E-state index is 0.0123. The topological polar surface area (TPSA) is 79.1 Å². The third kappa shape index (κ3) is 4.40. The summed E-state index contributed by atoms with van der Waals surface area (Å²) in [5.41, 5.74) is 0.873. The van der Waals surface area contributed by atoms with Gasteiger partial charge in [-0.05, 0) is 30.3 Å². The van der Waals surface area contributed by atoms with Gasteiger partial charge in [-0.2, -0.15) is 28.4 Å². The lowest BCUT2D eigenvalue weighted by Gasteiger charge is -2.13. The van der Waals surface area contributed by atoms with Crippen LogP contribution in [0.25, 0.3) is 16.9 Å². The van der Waals surface area contributed by atoms with E-state index in [1.54, 1.807) is 6.07 Å². The van der Waals surface area contributed by atoms with E-state index in [1.165, 1.54) is 54.4 Å². The van der Waals surface area contributed by atoms with Crippen molar-refractivity contribution in [2.75, 3.05) is 13.7 Å². The van der Waals surface area contributed by atoms with E-state index in [0.717, 1.165) is 0 Å². The summed E-state index contributed by atoms with van der Waals surface area (Å²) in [5.74, 6) is 0.0236. The molecule has 0 radical (unpaired) electrons. The van der Waals surface area contributed by atoms with Crippen molar-refractivity contribution in [3.05, 3.63) is 59.1 Å². The molecule has 0 bridgehead atoms. The molecular formula is C17H13F3N4O3. The summed E-state index contributed by atoms with van der Waals surface area (Å²) in [7, 11) is 1.35. The smallest absolute Gasteiger partial charge is 0.422 e. The zero-order valence-corrected chi connectivity index (χ0v) is 14.0. The summed E-state index contributed by atoms with van der Waals surface area (Å²) in [6, 6.07) is 8.48. The highest BCUT2D eigenvalue weighted by Gasteiger charge is 2.28. The molecule has 7 nitrogen and oxygen atoms in total. The Kier molecular flexibility index (Phi) is 5.06. The van der Waals surface area contributed by atoms with Crippen LogP contribution in [-0.4, -0.2) is 39.6 Å². The van der Waals surface area contributed by atoms with Gasteiger partial charge in [0.1, 0.15) is 5.75 Å². The van der Waals surface area contributed by atoms with Gasteiger partial charge in [0.15, 0.2) is 6.61 Å². The third-order valence-corrected chi connectivity index (χ3v) is 3.45. The van der Waals surface area contributed by atoms with Crippen molar-refractivity contribution in [1.82, 2.24) is 19.7 Å². The maximum atomic E-state index is 12.6. The van der Waals surface area contributed by atoms with Crippen molar-refractivity contribution in [3.8, 4) is 28.7 Å². The Bertz CT molecular complexity index is 973. The maximum absolute atomic E-state index is 12.6. The Balaban J connectivity index is 1.93. The average Bonchev–Trinajstić information content (AvgIpc) is 2.66. The number of aromatic nitrogens is 4. The number of hydrogen-bond acceptors (Lipinski definition) is 6. The minimum atomic E-state index is -4.43. The SMILES string of the molecule is COc1nc(-c2ccnnc2)cc(=O)n1-c1ccc(OCC(F)(F)F)cc1. The Labute approximate surface area is 151 Å². The number of alkyl halides is 3. The van der Waals surface area contributed by atoms with Crippen LogP contribution in [0.15, 0.2) is 53.6 Å². The highest BCUT2D eigenvalue weighted by atomic mass is 19.4. The number of rotatable bonds is 5. The Hall–Kier alpha value is -3.43. The Morgan fingerprint density at radius 1 is 1.11 bits per heavy atom. The number of nitrogens with zero attached hydrogens (tertiary/aromatic N) is 4. The van der Waals surface area contributed by atoms with Crippen LogP contribution in [0, 0.1) is 0 Å². The standard InChI is InChI=1S/C17H13F3N4O3/c1-26-16-23-14(11-6-7-21-22-9-11)8-15(25)24(16)12-2-4-13(5-3-12)27-10-17(18,19)20/h2-9H,10H2,1H3. The van der Waals surface area contributed by atoms with Crippen LogP contribution in [0.1, 0.15) is 0 Å². The fourth-order valence-electron chi connectivity index (χ4n) is 2.28. The molecular weight excluding hydrogens is 365 g/mol. The molecule has 1 aromatic carbocycles. The molecule has 0 N–H and O–H groups in total. The number of methoxy groups -OCH3 is 1. The highest BCUT2D eigenvalue weighted by molar-refractivity contribution is 5.57. The van der Waals surface area contributed by atoms with Crippen molar-refractivity contribution in [1.29, 1.82) is 0 Å². The number of hydrogen-bond donors (Lipinski definition) is 0. The second kappa shape index (κ2) is 7.44. The molecule has 0 spiro atoms. The lowest BCUT2D eigenvalue weighted by atomic mass is 10.2. The molecule has 0 fully saturated rings. The molecule has 140 valence electrons. The largest absolute Gasteiger partial charge is 0.484 e. The van der Waals surface area contributed by atoms with Gasteiger partial charge in [-0.15, -0.1) is 0 Å². The predicted molar refractivity (Wildman–Crippen MR) is 89.0 cm³/mol. The van der Waals surface area contributed by atoms with E-state index in [2.05, 4.69) is 19.9 Å². The van der Waals surface area contributed by atoms with Gasteiger partial charge in [-0.3, -0.25) is 4.79 Å². The molecule has 27 heavy (non-hydrogen) atoms. The summed E-state index contributed by atoms with van der Waals surface area (Å²) in [4.78, 5) is 16.8. The van der Waals surface area contributed by atoms with Gasteiger partial charge in [0.25, 0.3) is 5.56 Å². The Morgan fingerprint density at radius 2 is 1.85 bits per heavy atom. The molecule has 2 aromatic heterocycles. The monoisotopic (exact) mass is 378 g/mol. The van der Waals surface area contributed by atoms with Crippen molar-refractivity contribution >= 4 is 0 Å². The zero-order valence-electron chi connectivity index (χ0n) is 14.0.